The summed E-state index contributed by atoms with van der Waals surface area (Å²) in [5, 5.41) is 2.07. The lowest BCUT2D eigenvalue weighted by atomic mass is 10.2. The van der Waals surface area contributed by atoms with Crippen LogP contribution >= 0.6 is 27.7 Å². The predicted octanol–water partition coefficient (Wildman–Crippen LogP) is 4.90. The Morgan fingerprint density at radius 2 is 1.73 bits per heavy atom. The molecule has 1 aliphatic rings. The van der Waals surface area contributed by atoms with Crippen LogP contribution in [0.2, 0.25) is 0 Å². The number of rotatable bonds is 8. The van der Waals surface area contributed by atoms with E-state index in [0.717, 1.165) is 4.90 Å². The van der Waals surface area contributed by atoms with Crippen molar-refractivity contribution < 1.29 is 31.7 Å². The summed E-state index contributed by atoms with van der Waals surface area (Å²) in [4.78, 5) is 38.6. The third kappa shape index (κ3) is 6.21. The highest BCUT2D eigenvalue weighted by molar-refractivity contribution is 9.10. The van der Waals surface area contributed by atoms with Gasteiger partial charge in [-0.25, -0.2) is 0 Å². The smallest absolute Gasteiger partial charge is 0.339 e. The molecule has 190 valence electrons. The zero-order valence-corrected chi connectivity index (χ0v) is 22.4. The Balaban J connectivity index is 1.49. The first kappa shape index (κ1) is 26.5. The molecule has 0 aromatic heterocycles. The number of thioether (sulfide) groups is 1. The van der Waals surface area contributed by atoms with Crippen molar-refractivity contribution >= 4 is 66.6 Å². The second-order valence-electron chi connectivity index (χ2n) is 7.56. The van der Waals surface area contributed by atoms with Crippen LogP contribution in [0.1, 0.15) is 5.56 Å². The standard InChI is InChI=1S/C25H19BrN2O7S2/c1-34-21-13-16(11-12-20(21)35-37(32,33)17-7-3-2-4-8-17)14-22-24(30)28(25(31)36-22)15-23(29)27-19-10-6-5-9-18(19)26/h2-14H,15H2,1H3,(H,27,29)/b22-14-. The van der Waals surface area contributed by atoms with Gasteiger partial charge in [0.15, 0.2) is 11.5 Å². The summed E-state index contributed by atoms with van der Waals surface area (Å²) in [6.07, 6.45) is 1.45. The van der Waals surface area contributed by atoms with Gasteiger partial charge in [0.1, 0.15) is 11.4 Å². The molecule has 9 nitrogen and oxygen atoms in total. The molecule has 0 aliphatic carbocycles. The van der Waals surface area contributed by atoms with Crippen LogP contribution in [0, 0.1) is 0 Å². The lowest BCUT2D eigenvalue weighted by Crippen LogP contribution is -2.36. The SMILES string of the molecule is COc1cc(/C=C2\SC(=O)N(CC(=O)Nc3ccccc3Br)C2=O)ccc1OS(=O)(=O)c1ccccc1. The molecule has 0 bridgehead atoms. The Morgan fingerprint density at radius 1 is 1.03 bits per heavy atom. The van der Waals surface area contributed by atoms with Gasteiger partial charge in [-0.15, -0.1) is 0 Å². The minimum atomic E-state index is -4.09. The molecule has 3 aromatic carbocycles. The Labute approximate surface area is 225 Å². The number of amides is 3. The molecule has 3 amide bonds. The van der Waals surface area contributed by atoms with Gasteiger partial charge in [-0.1, -0.05) is 36.4 Å². The molecule has 0 radical (unpaired) electrons. The second-order valence-corrected chi connectivity index (χ2v) is 11.0. The van der Waals surface area contributed by atoms with Crippen LogP contribution in [-0.2, 0) is 19.7 Å². The minimum Gasteiger partial charge on any atom is -0.493 e. The van der Waals surface area contributed by atoms with Gasteiger partial charge in [-0.3, -0.25) is 19.3 Å². The summed E-state index contributed by atoms with van der Waals surface area (Å²) >= 11 is 4.02. The first-order chi connectivity index (χ1) is 17.7. The van der Waals surface area contributed by atoms with Gasteiger partial charge >= 0.3 is 10.1 Å². The van der Waals surface area contributed by atoms with Gasteiger partial charge in [0, 0.05) is 4.47 Å². The van der Waals surface area contributed by atoms with Crippen LogP contribution in [0.15, 0.2) is 87.1 Å². The van der Waals surface area contributed by atoms with Crippen molar-refractivity contribution in [2.24, 2.45) is 0 Å². The van der Waals surface area contributed by atoms with Gasteiger partial charge < -0.3 is 14.2 Å². The van der Waals surface area contributed by atoms with E-state index in [0.29, 0.717) is 27.5 Å². The van der Waals surface area contributed by atoms with Crippen LogP contribution in [0.25, 0.3) is 6.08 Å². The number of halogens is 1. The van der Waals surface area contributed by atoms with Crippen LogP contribution in [0.5, 0.6) is 11.5 Å². The van der Waals surface area contributed by atoms with Crippen molar-refractivity contribution in [3.05, 3.63) is 87.7 Å². The third-order valence-corrected chi connectivity index (χ3v) is 7.89. The molecule has 0 atom stereocenters. The van der Waals surface area contributed by atoms with E-state index in [1.54, 1.807) is 42.5 Å². The summed E-state index contributed by atoms with van der Waals surface area (Å²) in [6, 6.07) is 19.0. The molecule has 0 unspecified atom stereocenters. The molecule has 1 saturated heterocycles. The number of nitrogens with one attached hydrogen (secondary N) is 1. The van der Waals surface area contributed by atoms with Crippen molar-refractivity contribution in [1.29, 1.82) is 0 Å². The van der Waals surface area contributed by atoms with Gasteiger partial charge in [0.05, 0.1) is 17.7 Å². The number of anilines is 1. The number of methoxy groups -OCH3 is 1. The van der Waals surface area contributed by atoms with E-state index >= 15 is 0 Å². The highest BCUT2D eigenvalue weighted by Gasteiger charge is 2.36. The number of carbonyl (C=O) groups excluding carboxylic acids is 3. The van der Waals surface area contributed by atoms with E-state index in [1.165, 1.54) is 43.5 Å². The van der Waals surface area contributed by atoms with Crippen molar-refractivity contribution in [2.75, 3.05) is 19.0 Å². The number of benzene rings is 3. The lowest BCUT2D eigenvalue weighted by Gasteiger charge is -2.13. The molecule has 12 heteroatoms. The van der Waals surface area contributed by atoms with Crippen molar-refractivity contribution in [1.82, 2.24) is 4.90 Å². The largest absolute Gasteiger partial charge is 0.493 e. The fraction of sp³-hybridized carbons (Fsp3) is 0.0800. The first-order valence-electron chi connectivity index (χ1n) is 10.7. The minimum absolute atomic E-state index is 0.0153. The fourth-order valence-electron chi connectivity index (χ4n) is 3.28. The molecule has 0 spiro atoms. The predicted molar refractivity (Wildman–Crippen MR) is 143 cm³/mol. The Morgan fingerprint density at radius 3 is 2.43 bits per heavy atom. The maximum Gasteiger partial charge on any atom is 0.339 e. The summed E-state index contributed by atoms with van der Waals surface area (Å²) in [6.45, 7) is -0.448. The Bertz CT molecular complexity index is 1510. The molecular formula is C25H19BrN2O7S2. The zero-order chi connectivity index (χ0) is 26.6. The average Bonchev–Trinajstić information content (AvgIpc) is 3.14. The second kappa shape index (κ2) is 11.2. The van der Waals surface area contributed by atoms with Crippen LogP contribution in [0.3, 0.4) is 0 Å². The van der Waals surface area contributed by atoms with Crippen LogP contribution < -0.4 is 14.2 Å². The van der Waals surface area contributed by atoms with Gasteiger partial charge in [-0.05, 0) is 75.7 Å². The first-order valence-corrected chi connectivity index (χ1v) is 13.7. The summed E-state index contributed by atoms with van der Waals surface area (Å²) in [7, 11) is -2.74. The van der Waals surface area contributed by atoms with Crippen molar-refractivity contribution in [3.63, 3.8) is 0 Å². The number of nitrogens with zero attached hydrogens (tertiary/aromatic N) is 1. The molecule has 37 heavy (non-hydrogen) atoms. The van der Waals surface area contributed by atoms with Gasteiger partial charge in [0.2, 0.25) is 5.91 Å². The van der Waals surface area contributed by atoms with Gasteiger partial charge in [-0.2, -0.15) is 8.42 Å². The zero-order valence-electron chi connectivity index (χ0n) is 19.2. The van der Waals surface area contributed by atoms with E-state index in [9.17, 15) is 22.8 Å². The average molecular weight is 603 g/mol. The number of ether oxygens (including phenoxy) is 1. The number of carbonyl (C=O) groups is 3. The molecule has 1 fully saturated rings. The molecule has 3 aromatic rings. The topological polar surface area (TPSA) is 119 Å². The number of imide groups is 1. The summed E-state index contributed by atoms with van der Waals surface area (Å²) in [5.41, 5.74) is 0.975. The molecule has 1 heterocycles. The lowest BCUT2D eigenvalue weighted by molar-refractivity contribution is -0.127. The maximum atomic E-state index is 12.8. The molecular weight excluding hydrogens is 584 g/mol. The highest BCUT2D eigenvalue weighted by Crippen LogP contribution is 2.35. The van der Waals surface area contributed by atoms with Crippen molar-refractivity contribution in [2.45, 2.75) is 4.90 Å². The van der Waals surface area contributed by atoms with Crippen LogP contribution in [0.4, 0.5) is 10.5 Å². The normalized spacial score (nSPS) is 14.6. The monoisotopic (exact) mass is 602 g/mol. The fourth-order valence-corrected chi connectivity index (χ4v) is 5.46. The Kier molecular flexibility index (Phi) is 8.00. The highest BCUT2D eigenvalue weighted by atomic mass is 79.9. The molecule has 4 rings (SSSR count). The quantitative estimate of drug-likeness (QED) is 0.285. The Hall–Kier alpha value is -3.61. The molecule has 1 aliphatic heterocycles. The van der Waals surface area contributed by atoms with E-state index in [4.69, 9.17) is 8.92 Å². The van der Waals surface area contributed by atoms with E-state index in [1.807, 2.05) is 0 Å². The van der Waals surface area contributed by atoms with E-state index in [-0.39, 0.29) is 21.3 Å². The third-order valence-electron chi connectivity index (χ3n) is 5.04. The van der Waals surface area contributed by atoms with Gasteiger partial charge in [0.25, 0.3) is 11.1 Å². The maximum absolute atomic E-state index is 12.8. The molecule has 1 N–H and O–H groups in total. The van der Waals surface area contributed by atoms with E-state index in [2.05, 4.69) is 21.2 Å². The van der Waals surface area contributed by atoms with Crippen molar-refractivity contribution in [3.8, 4) is 11.5 Å². The summed E-state index contributed by atoms with van der Waals surface area (Å²) < 4.78 is 36.3. The molecule has 0 saturated carbocycles. The number of hydrogen-bond donors (Lipinski definition) is 1. The number of para-hydroxylation sites is 1. The number of hydrogen-bond acceptors (Lipinski definition) is 8. The van der Waals surface area contributed by atoms with Crippen LogP contribution in [-0.4, -0.2) is 44.0 Å². The summed E-state index contributed by atoms with van der Waals surface area (Å²) in [5.74, 6) is -1.08. The van der Waals surface area contributed by atoms with E-state index < -0.39 is 33.7 Å².